The number of hydrogen-bond donors (Lipinski definition) is 4. The van der Waals surface area contributed by atoms with Crippen molar-refractivity contribution >= 4 is 18.0 Å². The SMILES string of the molecule is C=CCC(CO)NC(=O)C(CCC(=O)O)NC(=O)OCC1c2ccccc2-c2ccccc21. The zero-order chi connectivity index (χ0) is 23.8. The first-order valence-corrected chi connectivity index (χ1v) is 10.8. The summed E-state index contributed by atoms with van der Waals surface area (Å²) in [4.78, 5) is 36.1. The second-order valence-corrected chi connectivity index (χ2v) is 7.87. The Balaban J connectivity index is 1.66. The molecule has 3 rings (SSSR count). The van der Waals surface area contributed by atoms with E-state index >= 15 is 0 Å². The maximum absolute atomic E-state index is 12.6. The van der Waals surface area contributed by atoms with E-state index < -0.39 is 30.1 Å². The van der Waals surface area contributed by atoms with Crippen LogP contribution in [0.4, 0.5) is 4.79 Å². The number of benzene rings is 2. The number of hydrogen-bond acceptors (Lipinski definition) is 5. The van der Waals surface area contributed by atoms with E-state index in [0.717, 1.165) is 22.3 Å². The molecular weight excluding hydrogens is 424 g/mol. The van der Waals surface area contributed by atoms with Gasteiger partial charge in [-0.3, -0.25) is 9.59 Å². The van der Waals surface area contributed by atoms with Gasteiger partial charge in [-0.1, -0.05) is 54.6 Å². The summed E-state index contributed by atoms with van der Waals surface area (Å²) >= 11 is 0. The van der Waals surface area contributed by atoms with Crippen LogP contribution in [-0.2, 0) is 14.3 Å². The Labute approximate surface area is 192 Å². The van der Waals surface area contributed by atoms with Crippen LogP contribution in [0.15, 0.2) is 61.2 Å². The second kappa shape index (κ2) is 11.3. The molecule has 1 aliphatic rings. The first-order valence-electron chi connectivity index (χ1n) is 10.8. The van der Waals surface area contributed by atoms with Gasteiger partial charge in [0.1, 0.15) is 12.6 Å². The molecule has 0 saturated heterocycles. The highest BCUT2D eigenvalue weighted by Gasteiger charge is 2.30. The number of ether oxygens (including phenoxy) is 1. The fraction of sp³-hybridized carbons (Fsp3) is 0.320. The molecule has 0 fully saturated rings. The van der Waals surface area contributed by atoms with Crippen molar-refractivity contribution < 1.29 is 29.3 Å². The van der Waals surface area contributed by atoms with Gasteiger partial charge in [-0.25, -0.2) is 4.79 Å². The Morgan fingerprint density at radius 3 is 2.18 bits per heavy atom. The average molecular weight is 453 g/mol. The smallest absolute Gasteiger partial charge is 0.407 e. The summed E-state index contributed by atoms with van der Waals surface area (Å²) in [6.07, 6.45) is 0.641. The van der Waals surface area contributed by atoms with E-state index in [9.17, 15) is 19.5 Å². The van der Waals surface area contributed by atoms with Gasteiger partial charge in [0.25, 0.3) is 0 Å². The molecule has 0 spiro atoms. The van der Waals surface area contributed by atoms with Crippen molar-refractivity contribution in [2.75, 3.05) is 13.2 Å². The normalized spacial score (nSPS) is 13.8. The van der Waals surface area contributed by atoms with Crippen LogP contribution >= 0.6 is 0 Å². The Kier molecular flexibility index (Phi) is 8.21. The lowest BCUT2D eigenvalue weighted by atomic mass is 9.98. The van der Waals surface area contributed by atoms with E-state index in [-0.39, 0.29) is 32.0 Å². The minimum absolute atomic E-state index is 0.0723. The summed E-state index contributed by atoms with van der Waals surface area (Å²) < 4.78 is 5.46. The highest BCUT2D eigenvalue weighted by molar-refractivity contribution is 5.86. The van der Waals surface area contributed by atoms with Crippen LogP contribution in [0.3, 0.4) is 0 Å². The zero-order valence-corrected chi connectivity index (χ0v) is 18.2. The van der Waals surface area contributed by atoms with Gasteiger partial charge < -0.3 is 25.6 Å². The van der Waals surface area contributed by atoms with Crippen molar-refractivity contribution in [3.8, 4) is 11.1 Å². The largest absolute Gasteiger partial charge is 0.481 e. The quantitative estimate of drug-likeness (QED) is 0.389. The van der Waals surface area contributed by atoms with Crippen LogP contribution in [-0.4, -0.2) is 53.5 Å². The number of carboxylic acid groups (broad SMARTS) is 1. The molecule has 2 amide bonds. The molecular formula is C25H28N2O6. The van der Waals surface area contributed by atoms with E-state index in [1.807, 2.05) is 48.5 Å². The highest BCUT2D eigenvalue weighted by atomic mass is 16.5. The number of carbonyl (C=O) groups is 3. The molecule has 1 aliphatic carbocycles. The van der Waals surface area contributed by atoms with Gasteiger partial charge in [-0.15, -0.1) is 6.58 Å². The van der Waals surface area contributed by atoms with Gasteiger partial charge in [0.2, 0.25) is 5.91 Å². The number of carboxylic acids is 1. The third kappa shape index (κ3) is 5.98. The number of rotatable bonds is 11. The molecule has 2 unspecified atom stereocenters. The van der Waals surface area contributed by atoms with Crippen molar-refractivity contribution in [1.29, 1.82) is 0 Å². The Hall–Kier alpha value is -3.65. The number of amides is 2. The van der Waals surface area contributed by atoms with Gasteiger partial charge in [0.15, 0.2) is 0 Å². The Morgan fingerprint density at radius 1 is 1.03 bits per heavy atom. The van der Waals surface area contributed by atoms with E-state index in [2.05, 4.69) is 17.2 Å². The minimum atomic E-state index is -1.12. The first kappa shape index (κ1) is 24.0. The fourth-order valence-electron chi connectivity index (χ4n) is 4.00. The van der Waals surface area contributed by atoms with Gasteiger partial charge >= 0.3 is 12.1 Å². The number of alkyl carbamates (subject to hydrolysis) is 1. The molecule has 8 nitrogen and oxygen atoms in total. The molecule has 2 atom stereocenters. The third-order valence-corrected chi connectivity index (χ3v) is 5.62. The molecule has 0 heterocycles. The number of aliphatic hydroxyl groups is 1. The van der Waals surface area contributed by atoms with E-state index in [4.69, 9.17) is 9.84 Å². The number of nitrogens with one attached hydrogen (secondary N) is 2. The van der Waals surface area contributed by atoms with Crippen molar-refractivity contribution in [1.82, 2.24) is 10.6 Å². The molecule has 0 aliphatic heterocycles. The predicted molar refractivity (Wildman–Crippen MR) is 123 cm³/mol. The lowest BCUT2D eigenvalue weighted by molar-refractivity contribution is -0.137. The molecule has 0 radical (unpaired) electrons. The van der Waals surface area contributed by atoms with Gasteiger partial charge in [-0.05, 0) is 35.1 Å². The third-order valence-electron chi connectivity index (χ3n) is 5.62. The lowest BCUT2D eigenvalue weighted by Gasteiger charge is -2.22. The molecule has 174 valence electrons. The van der Waals surface area contributed by atoms with E-state index in [1.165, 1.54) is 0 Å². The molecule has 0 saturated carbocycles. The number of aliphatic hydroxyl groups excluding tert-OH is 1. The van der Waals surface area contributed by atoms with Crippen LogP contribution < -0.4 is 10.6 Å². The van der Waals surface area contributed by atoms with Crippen LogP contribution in [0.5, 0.6) is 0 Å². The summed E-state index contributed by atoms with van der Waals surface area (Å²) in [6.45, 7) is 3.33. The van der Waals surface area contributed by atoms with Crippen LogP contribution in [0.1, 0.15) is 36.3 Å². The molecule has 2 aromatic rings. The Morgan fingerprint density at radius 2 is 1.64 bits per heavy atom. The summed E-state index contributed by atoms with van der Waals surface area (Å²) in [7, 11) is 0. The number of carbonyl (C=O) groups excluding carboxylic acids is 2. The first-order chi connectivity index (χ1) is 15.9. The second-order valence-electron chi connectivity index (χ2n) is 7.87. The summed E-state index contributed by atoms with van der Waals surface area (Å²) in [6, 6.07) is 14.2. The molecule has 0 bridgehead atoms. The topological polar surface area (TPSA) is 125 Å². The molecule has 33 heavy (non-hydrogen) atoms. The van der Waals surface area contributed by atoms with Gasteiger partial charge in [-0.2, -0.15) is 0 Å². The standard InChI is InChI=1S/C25H28N2O6/c1-2-7-16(14-28)26-24(31)22(12-13-23(29)30)27-25(32)33-15-21-19-10-5-3-8-17(19)18-9-4-6-11-20(18)21/h2-6,8-11,16,21-22,28H,1,7,12-15H2,(H,26,31)(H,27,32)(H,29,30). The summed E-state index contributed by atoms with van der Waals surface area (Å²) in [5, 5.41) is 23.4. The highest BCUT2D eigenvalue weighted by Crippen LogP contribution is 2.44. The van der Waals surface area contributed by atoms with Gasteiger partial charge in [0.05, 0.1) is 12.6 Å². The van der Waals surface area contributed by atoms with Crippen LogP contribution in [0.2, 0.25) is 0 Å². The molecule has 8 heteroatoms. The monoisotopic (exact) mass is 452 g/mol. The van der Waals surface area contributed by atoms with Crippen molar-refractivity contribution in [3.05, 3.63) is 72.3 Å². The maximum atomic E-state index is 12.6. The van der Waals surface area contributed by atoms with Crippen LogP contribution in [0, 0.1) is 0 Å². The maximum Gasteiger partial charge on any atom is 0.407 e. The van der Waals surface area contributed by atoms with Crippen molar-refractivity contribution in [3.63, 3.8) is 0 Å². The van der Waals surface area contributed by atoms with Crippen molar-refractivity contribution in [2.45, 2.75) is 37.3 Å². The Bertz CT molecular complexity index is 976. The average Bonchev–Trinajstić information content (AvgIpc) is 3.13. The van der Waals surface area contributed by atoms with Gasteiger partial charge in [0, 0.05) is 12.3 Å². The van der Waals surface area contributed by atoms with Crippen LogP contribution in [0.25, 0.3) is 11.1 Å². The fourth-order valence-corrected chi connectivity index (χ4v) is 4.00. The van der Waals surface area contributed by atoms with Crippen molar-refractivity contribution in [2.24, 2.45) is 0 Å². The summed E-state index contributed by atoms with van der Waals surface area (Å²) in [5.74, 6) is -1.82. The molecule has 4 N–H and O–H groups in total. The van der Waals surface area contributed by atoms with E-state index in [1.54, 1.807) is 6.08 Å². The predicted octanol–water partition coefficient (Wildman–Crippen LogP) is 2.81. The lowest BCUT2D eigenvalue weighted by Crippen LogP contribution is -2.50. The van der Waals surface area contributed by atoms with E-state index in [0.29, 0.717) is 6.42 Å². The number of fused-ring (bicyclic) bond motifs is 3. The zero-order valence-electron chi connectivity index (χ0n) is 18.2. The number of aliphatic carboxylic acids is 1. The molecule has 0 aromatic heterocycles. The summed E-state index contributed by atoms with van der Waals surface area (Å²) in [5.41, 5.74) is 4.31. The minimum Gasteiger partial charge on any atom is -0.481 e. The molecule has 2 aromatic carbocycles.